The van der Waals surface area contributed by atoms with Crippen molar-refractivity contribution in [3.63, 3.8) is 0 Å². The molecule has 2 aliphatic rings. The molecule has 5 rings (SSSR count). The topological polar surface area (TPSA) is 111 Å². The maximum Gasteiger partial charge on any atom is 0.256 e. The van der Waals surface area contributed by atoms with Crippen molar-refractivity contribution in [3.05, 3.63) is 70.9 Å². The minimum Gasteiger partial charge on any atom is -0.379 e. The molecule has 1 atom stereocenters. The van der Waals surface area contributed by atoms with Gasteiger partial charge in [-0.1, -0.05) is 18.2 Å². The van der Waals surface area contributed by atoms with Crippen LogP contribution in [0.15, 0.2) is 53.4 Å². The van der Waals surface area contributed by atoms with Crippen LogP contribution in [0.3, 0.4) is 0 Å². The molecule has 0 saturated carbocycles. The number of fused-ring (bicyclic) bond motifs is 1. The van der Waals surface area contributed by atoms with Gasteiger partial charge in [0, 0.05) is 35.0 Å². The Bertz CT molecular complexity index is 1380. The number of sulfonamides is 1. The molecule has 1 amide bonds. The lowest BCUT2D eigenvalue weighted by atomic mass is 10.2. The zero-order chi connectivity index (χ0) is 23.9. The molecule has 1 saturated heterocycles. The average Bonchev–Trinajstić information content (AvgIpc) is 3.36. The first-order valence-electron chi connectivity index (χ1n) is 10.9. The number of nitrogens with zero attached hydrogens (tertiary/aromatic N) is 3. The number of morpholine rings is 1. The van der Waals surface area contributed by atoms with Gasteiger partial charge in [0.2, 0.25) is 10.0 Å². The molecule has 2 aromatic carbocycles. The van der Waals surface area contributed by atoms with Crippen molar-refractivity contribution in [2.24, 2.45) is 0 Å². The van der Waals surface area contributed by atoms with Crippen LogP contribution < -0.4 is 5.32 Å². The molecule has 1 aromatic heterocycles. The van der Waals surface area contributed by atoms with Gasteiger partial charge in [-0.2, -0.15) is 9.40 Å². The molecule has 0 unspecified atom stereocenters. The highest BCUT2D eigenvalue weighted by Crippen LogP contribution is 2.32. The van der Waals surface area contributed by atoms with E-state index in [1.54, 1.807) is 4.68 Å². The minimum atomic E-state index is -3.64. The highest BCUT2D eigenvalue weighted by molar-refractivity contribution is 7.89. The second-order valence-corrected chi connectivity index (χ2v) is 11.6. The van der Waals surface area contributed by atoms with Crippen molar-refractivity contribution in [1.82, 2.24) is 14.1 Å². The van der Waals surface area contributed by atoms with Crippen molar-refractivity contribution >= 4 is 32.5 Å². The van der Waals surface area contributed by atoms with E-state index in [4.69, 9.17) is 4.74 Å². The number of hydrogen-bond donors (Lipinski definition) is 1. The highest BCUT2D eigenvalue weighted by Gasteiger charge is 2.29. The minimum absolute atomic E-state index is 0.132. The van der Waals surface area contributed by atoms with Crippen LogP contribution in [-0.2, 0) is 37.1 Å². The number of amides is 1. The van der Waals surface area contributed by atoms with Crippen molar-refractivity contribution < 1.29 is 22.2 Å². The molecule has 1 fully saturated rings. The van der Waals surface area contributed by atoms with E-state index in [2.05, 4.69) is 10.4 Å². The molecule has 11 heteroatoms. The lowest BCUT2D eigenvalue weighted by molar-refractivity contribution is 0.0730. The number of para-hydroxylation sites is 1. The van der Waals surface area contributed by atoms with E-state index in [9.17, 15) is 17.4 Å². The number of carbonyl (C=O) groups excluding carboxylic acids is 1. The van der Waals surface area contributed by atoms with Gasteiger partial charge in [-0.15, -0.1) is 0 Å². The summed E-state index contributed by atoms with van der Waals surface area (Å²) in [6.45, 7) is 3.30. The number of aryl methyl sites for hydroxylation is 1. The first kappa shape index (κ1) is 22.9. The Labute approximate surface area is 200 Å². The van der Waals surface area contributed by atoms with Gasteiger partial charge in [0.15, 0.2) is 0 Å². The molecule has 0 spiro atoms. The number of aromatic nitrogens is 2. The van der Waals surface area contributed by atoms with Crippen LogP contribution in [0.2, 0.25) is 0 Å². The first-order chi connectivity index (χ1) is 16.3. The van der Waals surface area contributed by atoms with E-state index in [1.807, 2.05) is 31.2 Å². The van der Waals surface area contributed by atoms with Gasteiger partial charge >= 0.3 is 0 Å². The molecular weight excluding hydrogens is 476 g/mol. The fraction of sp³-hybridized carbons (Fsp3) is 0.304. The summed E-state index contributed by atoms with van der Waals surface area (Å²) in [5.41, 5.74) is 3.60. The number of hydrogen-bond acceptors (Lipinski definition) is 6. The van der Waals surface area contributed by atoms with Crippen molar-refractivity contribution in [2.45, 2.75) is 23.3 Å². The third-order valence-electron chi connectivity index (χ3n) is 5.97. The van der Waals surface area contributed by atoms with Gasteiger partial charge in [0.05, 0.1) is 41.0 Å². The van der Waals surface area contributed by atoms with E-state index in [0.29, 0.717) is 54.9 Å². The average molecular weight is 501 g/mol. The number of carbonyl (C=O) groups is 1. The molecular formula is C23H24N4O5S2. The fourth-order valence-electron chi connectivity index (χ4n) is 4.13. The maximum absolute atomic E-state index is 13.1. The summed E-state index contributed by atoms with van der Waals surface area (Å²) in [5.74, 6) is 0.773. The van der Waals surface area contributed by atoms with Crippen LogP contribution in [0.1, 0.15) is 27.2 Å². The molecule has 9 nitrogen and oxygen atoms in total. The molecule has 3 heterocycles. The van der Waals surface area contributed by atoms with Gasteiger partial charge in [-0.25, -0.2) is 13.1 Å². The Morgan fingerprint density at radius 3 is 2.47 bits per heavy atom. The number of benzene rings is 2. The van der Waals surface area contributed by atoms with Crippen LogP contribution >= 0.6 is 0 Å². The summed E-state index contributed by atoms with van der Waals surface area (Å²) in [5, 5.41) is 7.56. The van der Waals surface area contributed by atoms with Crippen molar-refractivity contribution in [1.29, 1.82) is 0 Å². The second-order valence-electron chi connectivity index (χ2n) is 8.20. The lowest BCUT2D eigenvalue weighted by Gasteiger charge is -2.26. The smallest absolute Gasteiger partial charge is 0.256 e. The third-order valence-corrected chi connectivity index (χ3v) is 9.09. The van der Waals surface area contributed by atoms with Crippen LogP contribution in [0.25, 0.3) is 5.69 Å². The molecule has 178 valence electrons. The summed E-state index contributed by atoms with van der Waals surface area (Å²) in [4.78, 5) is 13.3. The molecule has 2 aliphatic heterocycles. The van der Waals surface area contributed by atoms with Gasteiger partial charge in [0.1, 0.15) is 5.82 Å². The molecule has 1 N–H and O–H groups in total. The SMILES string of the molecule is Cc1ccccc1-n1nc2c(c1NC(=O)c1ccc(S(=O)(=O)N3CCOCC3)cc1)C[S@](=O)C2. The van der Waals surface area contributed by atoms with E-state index < -0.39 is 26.7 Å². The monoisotopic (exact) mass is 500 g/mol. The summed E-state index contributed by atoms with van der Waals surface area (Å²) < 4.78 is 46.1. The standard InChI is InChI=1S/C23H24N4O5S2/c1-16-4-2-3-5-21(16)27-22(19-14-33(29)15-20(19)25-27)24-23(28)17-6-8-18(9-7-17)34(30,31)26-10-12-32-13-11-26/h2-9H,10-15H2,1H3,(H,24,28)/t33-/m0/s1. The number of ether oxygens (including phenoxy) is 1. The first-order valence-corrected chi connectivity index (χ1v) is 13.8. The van der Waals surface area contributed by atoms with Crippen molar-refractivity contribution in [3.8, 4) is 5.69 Å². The van der Waals surface area contributed by atoms with Gasteiger partial charge < -0.3 is 10.1 Å². The predicted octanol–water partition coefficient (Wildman–Crippen LogP) is 2.22. The highest BCUT2D eigenvalue weighted by atomic mass is 32.2. The molecule has 34 heavy (non-hydrogen) atoms. The summed E-state index contributed by atoms with van der Waals surface area (Å²) in [6, 6.07) is 13.6. The van der Waals surface area contributed by atoms with Crippen molar-refractivity contribution in [2.75, 3.05) is 31.6 Å². The van der Waals surface area contributed by atoms with Crippen LogP contribution in [-0.4, -0.2) is 58.9 Å². The maximum atomic E-state index is 13.1. The number of rotatable bonds is 5. The Morgan fingerprint density at radius 2 is 1.76 bits per heavy atom. The Hall–Kier alpha value is -2.86. The Morgan fingerprint density at radius 1 is 1.06 bits per heavy atom. The Kier molecular flexibility index (Phi) is 6.11. The molecule has 0 aliphatic carbocycles. The van der Waals surface area contributed by atoms with Gasteiger partial charge in [0.25, 0.3) is 5.91 Å². The summed E-state index contributed by atoms with van der Waals surface area (Å²) in [6.07, 6.45) is 0. The van der Waals surface area contributed by atoms with E-state index in [-0.39, 0.29) is 4.90 Å². The molecule has 0 radical (unpaired) electrons. The largest absolute Gasteiger partial charge is 0.379 e. The van der Waals surface area contributed by atoms with E-state index >= 15 is 0 Å². The predicted molar refractivity (Wildman–Crippen MR) is 128 cm³/mol. The lowest BCUT2D eigenvalue weighted by Crippen LogP contribution is -2.40. The number of anilines is 1. The fourth-order valence-corrected chi connectivity index (χ4v) is 6.80. The van der Waals surface area contributed by atoms with E-state index in [1.165, 1.54) is 28.6 Å². The Balaban J connectivity index is 1.43. The normalized spacial score (nSPS) is 18.6. The number of nitrogens with one attached hydrogen (secondary N) is 1. The molecule has 3 aromatic rings. The van der Waals surface area contributed by atoms with Gasteiger partial charge in [-0.05, 0) is 42.8 Å². The zero-order valence-corrected chi connectivity index (χ0v) is 20.2. The summed E-state index contributed by atoms with van der Waals surface area (Å²) in [7, 11) is -4.69. The van der Waals surface area contributed by atoms with Crippen LogP contribution in [0.4, 0.5) is 5.82 Å². The molecule has 0 bridgehead atoms. The quantitative estimate of drug-likeness (QED) is 0.575. The van der Waals surface area contributed by atoms with Crippen LogP contribution in [0.5, 0.6) is 0 Å². The van der Waals surface area contributed by atoms with Crippen LogP contribution in [0, 0.1) is 6.92 Å². The van der Waals surface area contributed by atoms with E-state index in [0.717, 1.165) is 16.8 Å². The van der Waals surface area contributed by atoms with Gasteiger partial charge in [-0.3, -0.25) is 9.00 Å². The third kappa shape index (κ3) is 4.20. The second kappa shape index (κ2) is 9.06. The zero-order valence-electron chi connectivity index (χ0n) is 18.6. The summed E-state index contributed by atoms with van der Waals surface area (Å²) >= 11 is 0.